The van der Waals surface area contributed by atoms with Crippen molar-refractivity contribution < 1.29 is 0 Å². The van der Waals surface area contributed by atoms with E-state index in [4.69, 9.17) is 9.98 Å². The van der Waals surface area contributed by atoms with Gasteiger partial charge in [-0.05, 0) is 71.9 Å². The van der Waals surface area contributed by atoms with Gasteiger partial charge in [0.15, 0.2) is 0 Å². The molecule has 0 spiro atoms. The van der Waals surface area contributed by atoms with Gasteiger partial charge in [0.1, 0.15) is 0 Å². The van der Waals surface area contributed by atoms with Crippen molar-refractivity contribution in [2.24, 2.45) is 9.98 Å². The van der Waals surface area contributed by atoms with Gasteiger partial charge in [-0.2, -0.15) is 0 Å². The topological polar surface area (TPSA) is 149 Å². The summed E-state index contributed by atoms with van der Waals surface area (Å²) in [5, 5.41) is 17.3. The number of nitrogens with one attached hydrogen (secondary N) is 3. The first kappa shape index (κ1) is 37.5. The van der Waals surface area contributed by atoms with Crippen molar-refractivity contribution in [1.29, 1.82) is 0 Å². The van der Waals surface area contributed by atoms with E-state index in [1.54, 1.807) is 55.9 Å². The van der Waals surface area contributed by atoms with Crippen molar-refractivity contribution in [3.05, 3.63) is 229 Å². The molecule has 0 bridgehead atoms. The second-order valence-electron chi connectivity index (χ2n) is 12.8. The normalized spacial score (nSPS) is 10.6. The predicted molar refractivity (Wildman–Crippen MR) is 232 cm³/mol. The van der Waals surface area contributed by atoms with Crippen LogP contribution in [0.2, 0.25) is 0 Å². The van der Waals surface area contributed by atoms with Gasteiger partial charge in [0, 0.05) is 68.2 Å². The van der Waals surface area contributed by atoms with Crippen LogP contribution in [0.4, 0.5) is 11.4 Å². The van der Waals surface area contributed by atoms with Crippen LogP contribution >= 0.6 is 0 Å². The fourth-order valence-corrected chi connectivity index (χ4v) is 6.52. The lowest BCUT2D eigenvalue weighted by atomic mass is 10.0. The summed E-state index contributed by atoms with van der Waals surface area (Å²) in [5.41, 5.74) is 9.02. The van der Waals surface area contributed by atoms with Crippen molar-refractivity contribution in [1.82, 2.24) is 45.3 Å². The van der Waals surface area contributed by atoms with Gasteiger partial charge in [-0.3, -0.25) is 4.98 Å². The first-order chi connectivity index (χ1) is 29.3. The number of rotatable bonds is 0. The van der Waals surface area contributed by atoms with Crippen LogP contribution in [0.25, 0.3) is 44.0 Å². The van der Waals surface area contributed by atoms with Crippen molar-refractivity contribution >= 4 is 44.2 Å². The van der Waals surface area contributed by atoms with Crippen LogP contribution in [-0.4, -0.2) is 45.3 Å². The zero-order valence-corrected chi connectivity index (χ0v) is 31.7. The van der Waals surface area contributed by atoms with Gasteiger partial charge in [0.05, 0.1) is 58.2 Å². The fraction of sp³-hybridized carbons (Fsp3) is 0. The molecule has 11 heteroatoms. The van der Waals surface area contributed by atoms with Gasteiger partial charge < -0.3 is 15.0 Å². The van der Waals surface area contributed by atoms with E-state index in [1.165, 1.54) is 43.4 Å². The lowest BCUT2D eigenvalue weighted by Crippen LogP contribution is -2.00. The van der Waals surface area contributed by atoms with E-state index in [0.29, 0.717) is 0 Å². The van der Waals surface area contributed by atoms with Gasteiger partial charge in [-0.25, -0.2) is 20.0 Å². The Morgan fingerprint density at radius 1 is 0.441 bits per heavy atom. The van der Waals surface area contributed by atoms with Crippen LogP contribution in [0.1, 0.15) is 0 Å². The van der Waals surface area contributed by atoms with Crippen LogP contribution in [0.15, 0.2) is 218 Å². The lowest BCUT2D eigenvalue weighted by Gasteiger charge is -2.01. The molecule has 13 rings (SSSR count). The second-order valence-corrected chi connectivity index (χ2v) is 12.8. The molecule has 2 aliphatic rings. The number of H-pyrrole nitrogens is 3. The Hall–Kier alpha value is -8.44. The van der Waals surface area contributed by atoms with Crippen molar-refractivity contribution in [3.63, 3.8) is 0 Å². The quantitative estimate of drug-likeness (QED) is 0.140. The standard InChI is InChI=1S/C18H10N2.C12H9N.C7H6N2.C5H5N.C3H3N3.C3H4N2/c1-3-7-14-11(5-1)12-9-10-16-17(18(12)20-14)13-6-2-4-8-15(13)19-16;1-3-7-11-9(5-1)10-6-2-4-8-12(10)13-11;1-2-4-7-6(3-1)8-5-9-7;2*1-2-4-6-5-3-1;1-2-5-3-4-1/h1-10H;1-8,13H;1-5H,(H,8,9);1-5H;1-3H;1-3H,(H,4,5). The molecule has 59 heavy (non-hydrogen) atoms. The van der Waals surface area contributed by atoms with E-state index in [9.17, 15) is 0 Å². The van der Waals surface area contributed by atoms with Crippen molar-refractivity contribution in [3.8, 4) is 11.1 Å². The molecule has 0 amide bonds. The van der Waals surface area contributed by atoms with E-state index >= 15 is 0 Å². The Morgan fingerprint density at radius 3 is 1.76 bits per heavy atom. The van der Waals surface area contributed by atoms with Gasteiger partial charge in [-0.15, -0.1) is 10.2 Å². The van der Waals surface area contributed by atoms with Crippen LogP contribution in [0.3, 0.4) is 0 Å². The molecule has 284 valence electrons. The monoisotopic (exact) mass is 767 g/mol. The maximum absolute atomic E-state index is 4.83. The highest BCUT2D eigenvalue weighted by molar-refractivity contribution is 6.07. The van der Waals surface area contributed by atoms with Gasteiger partial charge >= 0.3 is 0 Å². The average molecular weight is 768 g/mol. The number of imidazole rings is 2. The number of benzene rings is 6. The molecule has 3 N–H and O–H groups in total. The third kappa shape index (κ3) is 9.17. The molecule has 0 atom stereocenters. The molecule has 0 aliphatic carbocycles. The van der Waals surface area contributed by atoms with Crippen LogP contribution < -0.4 is 10.7 Å². The van der Waals surface area contributed by atoms with Crippen molar-refractivity contribution in [2.75, 3.05) is 0 Å². The number of aromatic nitrogens is 9. The minimum absolute atomic E-state index is 1.03. The van der Waals surface area contributed by atoms with E-state index in [0.717, 1.165) is 33.1 Å². The highest BCUT2D eigenvalue weighted by Gasteiger charge is 2.19. The molecule has 2 aliphatic heterocycles. The molecular weight excluding hydrogens is 731 g/mol. The molecule has 11 aromatic rings. The highest BCUT2D eigenvalue weighted by atomic mass is 15.3. The number of hydrogen-bond acceptors (Lipinski definition) is 8. The Bertz CT molecular complexity index is 3060. The van der Waals surface area contributed by atoms with E-state index < -0.39 is 0 Å². The first-order valence-corrected chi connectivity index (χ1v) is 18.8. The van der Waals surface area contributed by atoms with E-state index in [-0.39, 0.29) is 0 Å². The Kier molecular flexibility index (Phi) is 12.0. The molecule has 11 nitrogen and oxygen atoms in total. The number of hydrogen-bond donors (Lipinski definition) is 3. The Morgan fingerprint density at radius 2 is 1.14 bits per heavy atom. The summed E-state index contributed by atoms with van der Waals surface area (Å²) in [4.78, 5) is 30.2. The molecular formula is C48H37N11. The highest BCUT2D eigenvalue weighted by Crippen LogP contribution is 2.39. The number of fused-ring (bicyclic) bond motifs is 10. The SMILES string of the molecule is c1c[nH]cn1.c1ccc2[nH]cnc2c1.c1ccc2c(c1)N=c1ccc3c(c1-2)N=c1ccccc1=3.c1ccc2c(c1)[nH]c1ccccc12.c1ccncc1.c1cnnnc1. The Balaban J connectivity index is 0.000000107. The maximum Gasteiger partial charge on any atom is 0.0931 e. The summed E-state index contributed by atoms with van der Waals surface area (Å²) in [5.74, 6) is 0. The first-order valence-electron chi connectivity index (χ1n) is 18.8. The summed E-state index contributed by atoms with van der Waals surface area (Å²) in [7, 11) is 0. The summed E-state index contributed by atoms with van der Waals surface area (Å²) in [6, 6.07) is 52.9. The molecule has 0 radical (unpaired) electrons. The molecule has 0 unspecified atom stereocenters. The minimum Gasteiger partial charge on any atom is -0.355 e. The molecule has 0 saturated carbocycles. The summed E-state index contributed by atoms with van der Waals surface area (Å²) in [6.45, 7) is 0. The predicted octanol–water partition coefficient (Wildman–Crippen LogP) is 9.42. The molecule has 5 aromatic heterocycles. The molecule has 6 aromatic carbocycles. The van der Waals surface area contributed by atoms with Crippen LogP contribution in [0.5, 0.6) is 0 Å². The maximum atomic E-state index is 4.83. The summed E-state index contributed by atoms with van der Waals surface area (Å²) in [6.07, 6.45) is 13.4. The zero-order chi connectivity index (χ0) is 39.9. The lowest BCUT2D eigenvalue weighted by molar-refractivity contribution is 0.865. The molecule has 0 saturated heterocycles. The second kappa shape index (κ2) is 18.9. The molecule has 0 fully saturated rings. The Labute approximate surface area is 338 Å². The van der Waals surface area contributed by atoms with Crippen LogP contribution in [0, 0.1) is 10.4 Å². The summed E-state index contributed by atoms with van der Waals surface area (Å²) < 4.78 is 0. The van der Waals surface area contributed by atoms with Gasteiger partial charge in [-0.1, -0.05) is 91.0 Å². The third-order valence-corrected chi connectivity index (χ3v) is 9.12. The number of nitrogens with zero attached hydrogens (tertiary/aromatic N) is 8. The number of aromatic amines is 3. The summed E-state index contributed by atoms with van der Waals surface area (Å²) >= 11 is 0. The largest absolute Gasteiger partial charge is 0.355 e. The fourth-order valence-electron chi connectivity index (χ4n) is 6.52. The van der Waals surface area contributed by atoms with Gasteiger partial charge in [0.2, 0.25) is 0 Å². The smallest absolute Gasteiger partial charge is 0.0931 e. The zero-order valence-electron chi connectivity index (χ0n) is 31.7. The van der Waals surface area contributed by atoms with Gasteiger partial charge in [0.25, 0.3) is 0 Å². The average Bonchev–Trinajstić information content (AvgIpc) is 4.18. The molecule has 7 heterocycles. The van der Waals surface area contributed by atoms with E-state index in [1.807, 2.05) is 54.6 Å². The van der Waals surface area contributed by atoms with Crippen LogP contribution in [-0.2, 0) is 0 Å². The number of para-hydroxylation sites is 6. The van der Waals surface area contributed by atoms with E-state index in [2.05, 4.69) is 142 Å². The third-order valence-electron chi connectivity index (χ3n) is 9.12. The van der Waals surface area contributed by atoms with Crippen molar-refractivity contribution in [2.45, 2.75) is 0 Å². The minimum atomic E-state index is 1.03. The number of pyridine rings is 1.